The smallest absolute Gasteiger partial charge is 0.178 e. The summed E-state index contributed by atoms with van der Waals surface area (Å²) in [5, 5.41) is 30.8. The second-order valence-electron chi connectivity index (χ2n) is 16.6. The number of aromatic amines is 2. The topological polar surface area (TPSA) is 153 Å². The summed E-state index contributed by atoms with van der Waals surface area (Å²) in [4.78, 5) is 9.39. The lowest BCUT2D eigenvalue weighted by molar-refractivity contribution is 0.301. The van der Waals surface area contributed by atoms with Crippen LogP contribution in [0, 0.1) is 0 Å². The Kier molecular flexibility index (Phi) is 13.8. The second-order valence-corrected chi connectivity index (χ2v) is 16.6. The molecule has 0 aliphatic heterocycles. The zero-order valence-electron chi connectivity index (χ0n) is 37.0. The van der Waals surface area contributed by atoms with Crippen LogP contribution in [0.2, 0.25) is 0 Å². The van der Waals surface area contributed by atoms with E-state index in [2.05, 4.69) is 164 Å². The van der Waals surface area contributed by atoms with E-state index in [0.717, 1.165) is 57.5 Å². The molecule has 4 heterocycles. The Balaban J connectivity index is 0.000000166. The zero-order valence-corrected chi connectivity index (χ0v) is 37.0. The van der Waals surface area contributed by atoms with Crippen LogP contribution in [0.1, 0.15) is 82.1 Å². The summed E-state index contributed by atoms with van der Waals surface area (Å²) >= 11 is 0. The van der Waals surface area contributed by atoms with Crippen LogP contribution in [0.15, 0.2) is 170 Å². The van der Waals surface area contributed by atoms with Gasteiger partial charge in [-0.25, -0.2) is 9.97 Å². The molecule has 0 radical (unpaired) electrons. The molecule has 0 bridgehead atoms. The van der Waals surface area contributed by atoms with Crippen LogP contribution >= 0.6 is 0 Å². The van der Waals surface area contributed by atoms with Crippen molar-refractivity contribution in [3.8, 4) is 11.5 Å². The van der Waals surface area contributed by atoms with Gasteiger partial charge in [0.25, 0.3) is 0 Å². The van der Waals surface area contributed by atoms with Crippen LogP contribution in [-0.2, 0) is 38.9 Å². The summed E-state index contributed by atoms with van der Waals surface area (Å²) < 4.78 is 12.1. The van der Waals surface area contributed by atoms with E-state index in [4.69, 9.17) is 19.4 Å². The lowest BCUT2D eigenvalue weighted by atomic mass is 9.92. The average molecular weight is 871 g/mol. The Morgan fingerprint density at radius 3 is 1.48 bits per heavy atom. The summed E-state index contributed by atoms with van der Waals surface area (Å²) in [5.41, 5.74) is 11.3. The molecule has 0 aliphatic carbocycles. The molecule has 12 heteroatoms. The van der Waals surface area contributed by atoms with E-state index in [9.17, 15) is 0 Å². The van der Waals surface area contributed by atoms with Crippen LogP contribution in [0.25, 0.3) is 21.8 Å². The van der Waals surface area contributed by atoms with E-state index in [-0.39, 0.29) is 0 Å². The number of hydrogen-bond donors (Lipinski definition) is 2. The molecule has 0 amide bonds. The Morgan fingerprint density at radius 1 is 0.439 bits per heavy atom. The molecular weight excluding hydrogens is 821 g/mol. The van der Waals surface area contributed by atoms with Gasteiger partial charge in [0, 0.05) is 23.6 Å². The number of benzene rings is 6. The molecule has 66 heavy (non-hydrogen) atoms. The number of fused-ring (bicyclic) bond motifs is 2. The van der Waals surface area contributed by atoms with E-state index in [1.807, 2.05) is 60.7 Å². The van der Waals surface area contributed by atoms with Gasteiger partial charge >= 0.3 is 0 Å². The molecule has 2 unspecified atom stereocenters. The first kappa shape index (κ1) is 43.1. The number of nitrogens with zero attached hydrogens (tertiary/aromatic N) is 8. The van der Waals surface area contributed by atoms with Gasteiger partial charge in [-0.2, -0.15) is 10.4 Å². The highest BCUT2D eigenvalue weighted by molar-refractivity contribution is 5.79. The molecule has 2 N–H and O–H groups in total. The number of hydrogen-bond acceptors (Lipinski definition) is 10. The molecule has 4 aromatic heterocycles. The van der Waals surface area contributed by atoms with E-state index >= 15 is 0 Å². The molecule has 328 valence electrons. The standard InChI is InChI=1S/2C27H25N5O/c1-19(23-9-4-6-21(15-23)17-27-29-31-32-30-27)14-20-7-5-10-25(16-20)33-18-24-13-12-22-8-2-3-11-26(22)28-24;1-19(14-20-6-4-7-21(15-20)16-27-29-31-32-30-27)23-9-5-10-25(17-23)33-18-24-13-12-22-8-2-3-11-26(22)28-24/h2-13,15-16,19H,14,17-18H2,1H3,(H,29,30,31,32);2-13,15,17,19H,14,16,18H2,1H3,(H,29,30,31,32). The molecule has 6 aromatic carbocycles. The maximum atomic E-state index is 6.07. The van der Waals surface area contributed by atoms with Crippen LogP contribution < -0.4 is 9.47 Å². The maximum absolute atomic E-state index is 6.07. The Hall–Kier alpha value is -8.12. The molecule has 10 aromatic rings. The Bertz CT molecular complexity index is 3120. The van der Waals surface area contributed by atoms with Crippen molar-refractivity contribution in [1.82, 2.24) is 51.2 Å². The van der Waals surface area contributed by atoms with Crippen molar-refractivity contribution in [3.63, 3.8) is 0 Å². The number of ether oxygens (including phenoxy) is 2. The van der Waals surface area contributed by atoms with Gasteiger partial charge in [-0.1, -0.05) is 146 Å². The number of aromatic nitrogens is 10. The van der Waals surface area contributed by atoms with Gasteiger partial charge in [-0.15, -0.1) is 20.4 Å². The van der Waals surface area contributed by atoms with Crippen molar-refractivity contribution in [3.05, 3.63) is 226 Å². The maximum Gasteiger partial charge on any atom is 0.178 e. The van der Waals surface area contributed by atoms with Crippen LogP contribution in [0.5, 0.6) is 11.5 Å². The first-order valence-electron chi connectivity index (χ1n) is 22.2. The molecular formula is C54H50N10O2. The molecule has 12 nitrogen and oxygen atoms in total. The third-order valence-electron chi connectivity index (χ3n) is 11.5. The van der Waals surface area contributed by atoms with Gasteiger partial charge in [-0.05, 0) is 107 Å². The minimum absolute atomic E-state index is 0.354. The summed E-state index contributed by atoms with van der Waals surface area (Å²) in [6, 6.07) is 58.3. The molecule has 0 saturated heterocycles. The predicted molar refractivity (Wildman–Crippen MR) is 256 cm³/mol. The third-order valence-corrected chi connectivity index (χ3v) is 11.5. The fourth-order valence-electron chi connectivity index (χ4n) is 8.06. The number of pyridine rings is 2. The Morgan fingerprint density at radius 2 is 0.909 bits per heavy atom. The molecule has 0 spiro atoms. The molecule has 2 atom stereocenters. The second kappa shape index (κ2) is 21.0. The minimum atomic E-state index is 0.354. The first-order chi connectivity index (χ1) is 32.5. The van der Waals surface area contributed by atoms with Crippen molar-refractivity contribution in [1.29, 1.82) is 0 Å². The molecule has 10 rings (SSSR count). The normalized spacial score (nSPS) is 12.0. The highest BCUT2D eigenvalue weighted by Crippen LogP contribution is 2.27. The van der Waals surface area contributed by atoms with Crippen molar-refractivity contribution in [2.45, 2.75) is 64.6 Å². The number of tetrazole rings is 2. The van der Waals surface area contributed by atoms with Gasteiger partial charge in [0.2, 0.25) is 0 Å². The number of nitrogens with one attached hydrogen (secondary N) is 2. The number of H-pyrrole nitrogens is 2. The van der Waals surface area contributed by atoms with Gasteiger partial charge < -0.3 is 9.47 Å². The van der Waals surface area contributed by atoms with Gasteiger partial charge in [0.15, 0.2) is 11.6 Å². The van der Waals surface area contributed by atoms with Gasteiger partial charge in [0.05, 0.1) is 22.4 Å². The lowest BCUT2D eigenvalue weighted by Gasteiger charge is -2.15. The third kappa shape index (κ3) is 11.7. The van der Waals surface area contributed by atoms with Crippen LogP contribution in [-0.4, -0.2) is 51.2 Å². The monoisotopic (exact) mass is 870 g/mol. The van der Waals surface area contributed by atoms with Crippen molar-refractivity contribution < 1.29 is 9.47 Å². The SMILES string of the molecule is CC(Cc1cccc(Cc2nn[nH]n2)c1)c1cccc(OCc2ccc3ccccc3n2)c1.CC(Cc1cccc(OCc2ccc3ccccc3n2)c1)c1cccc(Cc2nn[nH]n2)c1. The largest absolute Gasteiger partial charge is 0.487 e. The fraction of sp³-hybridized carbons (Fsp3) is 0.185. The van der Waals surface area contributed by atoms with E-state index < -0.39 is 0 Å². The van der Waals surface area contributed by atoms with E-state index in [0.29, 0.717) is 49.5 Å². The zero-order chi connectivity index (χ0) is 44.9. The van der Waals surface area contributed by atoms with Crippen molar-refractivity contribution in [2.75, 3.05) is 0 Å². The van der Waals surface area contributed by atoms with Gasteiger partial charge in [-0.3, -0.25) is 0 Å². The Labute approximate surface area is 383 Å². The summed E-state index contributed by atoms with van der Waals surface area (Å²) in [5.74, 6) is 3.84. The summed E-state index contributed by atoms with van der Waals surface area (Å²) in [7, 11) is 0. The molecule has 0 aliphatic rings. The first-order valence-corrected chi connectivity index (χ1v) is 22.2. The van der Waals surface area contributed by atoms with E-state index in [1.165, 1.54) is 33.4 Å². The average Bonchev–Trinajstić information content (AvgIpc) is 4.08. The lowest BCUT2D eigenvalue weighted by Crippen LogP contribution is -2.02. The highest BCUT2D eigenvalue weighted by Gasteiger charge is 2.12. The number of para-hydroxylation sites is 2. The highest BCUT2D eigenvalue weighted by atomic mass is 16.5. The van der Waals surface area contributed by atoms with Crippen LogP contribution in [0.4, 0.5) is 0 Å². The van der Waals surface area contributed by atoms with Crippen molar-refractivity contribution >= 4 is 21.8 Å². The number of rotatable bonds is 16. The minimum Gasteiger partial charge on any atom is -0.487 e. The molecule has 0 fully saturated rings. The van der Waals surface area contributed by atoms with Crippen molar-refractivity contribution in [2.24, 2.45) is 0 Å². The summed E-state index contributed by atoms with van der Waals surface area (Å²) in [6.07, 6.45) is 3.21. The van der Waals surface area contributed by atoms with E-state index in [1.54, 1.807) is 0 Å². The van der Waals surface area contributed by atoms with Gasteiger partial charge in [0.1, 0.15) is 24.7 Å². The molecule has 0 saturated carbocycles. The predicted octanol–water partition coefficient (Wildman–Crippen LogP) is 10.5. The quantitative estimate of drug-likeness (QED) is 0.0959. The fourth-order valence-corrected chi connectivity index (χ4v) is 8.06. The summed E-state index contributed by atoms with van der Waals surface area (Å²) in [6.45, 7) is 5.39. The van der Waals surface area contributed by atoms with Crippen LogP contribution in [0.3, 0.4) is 0 Å².